The minimum atomic E-state index is 0.336. The quantitative estimate of drug-likeness (QED) is 0.862. The Bertz CT molecular complexity index is 405. The van der Waals surface area contributed by atoms with Crippen LogP contribution in [0.5, 0.6) is 0 Å². The third-order valence-electron chi connectivity index (χ3n) is 2.28. The number of nitrogens with zero attached hydrogens (tertiary/aromatic N) is 2. The molecule has 0 saturated carbocycles. The Labute approximate surface area is 93.6 Å². The number of nitrogens with one attached hydrogen (secondary N) is 1. The smallest absolute Gasteiger partial charge is 0.111 e. The molecule has 0 fully saturated rings. The summed E-state index contributed by atoms with van der Waals surface area (Å²) in [6.07, 6.45) is 4.78. The number of fused-ring (bicyclic) bond motifs is 1. The molecule has 3 nitrogen and oxygen atoms in total. The van der Waals surface area contributed by atoms with Gasteiger partial charge in [-0.3, -0.25) is 4.98 Å². The Kier molecular flexibility index (Phi) is 3.28. The summed E-state index contributed by atoms with van der Waals surface area (Å²) in [7, 11) is 0. The topological polar surface area (TPSA) is 37.8 Å². The summed E-state index contributed by atoms with van der Waals surface area (Å²) in [5, 5.41) is 4.58. The van der Waals surface area contributed by atoms with Crippen LogP contribution in [0.25, 0.3) is 10.2 Å². The van der Waals surface area contributed by atoms with E-state index >= 15 is 0 Å². The van der Waals surface area contributed by atoms with Gasteiger partial charge in [0.05, 0.1) is 22.5 Å². The number of pyridine rings is 1. The molecule has 2 aromatic heterocycles. The Morgan fingerprint density at radius 2 is 2.40 bits per heavy atom. The fraction of sp³-hybridized carbons (Fsp3) is 0.455. The molecule has 0 aliphatic carbocycles. The molecule has 0 bridgehead atoms. The lowest BCUT2D eigenvalue weighted by Crippen LogP contribution is -2.18. The molecule has 0 radical (unpaired) electrons. The number of hydrogen-bond acceptors (Lipinski definition) is 4. The monoisotopic (exact) mass is 221 g/mol. The highest BCUT2D eigenvalue weighted by atomic mass is 32.1. The summed E-state index contributed by atoms with van der Waals surface area (Å²) in [5.41, 5.74) is 1.00. The van der Waals surface area contributed by atoms with Crippen LogP contribution in [0.1, 0.15) is 31.3 Å². The van der Waals surface area contributed by atoms with E-state index in [-0.39, 0.29) is 0 Å². The highest BCUT2D eigenvalue weighted by molar-refractivity contribution is 7.18. The molecule has 0 aliphatic rings. The van der Waals surface area contributed by atoms with Gasteiger partial charge in [0.1, 0.15) is 5.01 Å². The molecule has 2 heterocycles. The van der Waals surface area contributed by atoms with E-state index in [9.17, 15) is 0 Å². The van der Waals surface area contributed by atoms with Crippen LogP contribution in [-0.4, -0.2) is 16.5 Å². The summed E-state index contributed by atoms with van der Waals surface area (Å²) in [6, 6.07) is 2.35. The van der Waals surface area contributed by atoms with Crippen LogP contribution in [0, 0.1) is 0 Å². The van der Waals surface area contributed by atoms with Crippen LogP contribution >= 0.6 is 11.3 Å². The predicted molar refractivity (Wildman–Crippen MR) is 64.1 cm³/mol. The fourth-order valence-electron chi connectivity index (χ4n) is 1.43. The van der Waals surface area contributed by atoms with Crippen LogP contribution in [0.3, 0.4) is 0 Å². The molecule has 0 aromatic carbocycles. The van der Waals surface area contributed by atoms with Crippen molar-refractivity contribution < 1.29 is 0 Å². The number of hydrogen-bond donors (Lipinski definition) is 1. The van der Waals surface area contributed by atoms with Crippen molar-refractivity contribution in [3.8, 4) is 0 Å². The number of aromatic nitrogens is 2. The van der Waals surface area contributed by atoms with E-state index in [0.29, 0.717) is 6.04 Å². The van der Waals surface area contributed by atoms with Crippen molar-refractivity contribution in [3.05, 3.63) is 23.5 Å². The van der Waals surface area contributed by atoms with Crippen LogP contribution < -0.4 is 5.32 Å². The molecule has 2 aromatic rings. The maximum Gasteiger partial charge on any atom is 0.111 e. The average molecular weight is 221 g/mol. The molecule has 0 amide bonds. The minimum absolute atomic E-state index is 0.336. The lowest BCUT2D eigenvalue weighted by Gasteiger charge is -2.08. The van der Waals surface area contributed by atoms with Crippen molar-refractivity contribution in [1.82, 2.24) is 15.3 Å². The van der Waals surface area contributed by atoms with Gasteiger partial charge in [-0.15, -0.1) is 11.3 Å². The second kappa shape index (κ2) is 4.68. The second-order valence-electron chi connectivity index (χ2n) is 3.57. The molecule has 80 valence electrons. The van der Waals surface area contributed by atoms with E-state index < -0.39 is 0 Å². The molecule has 1 atom stereocenters. The number of thiazole rings is 1. The van der Waals surface area contributed by atoms with Gasteiger partial charge in [0.25, 0.3) is 0 Å². The van der Waals surface area contributed by atoms with Gasteiger partial charge in [0, 0.05) is 6.20 Å². The number of rotatable bonds is 4. The van der Waals surface area contributed by atoms with Crippen molar-refractivity contribution >= 4 is 21.6 Å². The molecule has 1 N–H and O–H groups in total. The molecule has 0 aliphatic heterocycles. The third kappa shape index (κ3) is 2.33. The average Bonchev–Trinajstić information content (AvgIpc) is 2.69. The first-order valence-corrected chi connectivity index (χ1v) is 6.06. The van der Waals surface area contributed by atoms with Gasteiger partial charge >= 0.3 is 0 Å². The van der Waals surface area contributed by atoms with Crippen molar-refractivity contribution in [2.24, 2.45) is 0 Å². The first-order valence-electron chi connectivity index (χ1n) is 5.25. The minimum Gasteiger partial charge on any atom is -0.308 e. The molecule has 15 heavy (non-hydrogen) atoms. The van der Waals surface area contributed by atoms with Crippen LogP contribution in [0.2, 0.25) is 0 Å². The Hall–Kier alpha value is -1.00. The van der Waals surface area contributed by atoms with Crippen molar-refractivity contribution in [2.45, 2.75) is 26.3 Å². The van der Waals surface area contributed by atoms with E-state index in [4.69, 9.17) is 0 Å². The Morgan fingerprint density at radius 3 is 3.13 bits per heavy atom. The summed E-state index contributed by atoms with van der Waals surface area (Å²) in [4.78, 5) is 8.63. The van der Waals surface area contributed by atoms with E-state index in [1.807, 2.05) is 18.5 Å². The van der Waals surface area contributed by atoms with Crippen molar-refractivity contribution in [2.75, 3.05) is 6.54 Å². The van der Waals surface area contributed by atoms with Gasteiger partial charge in [-0.1, -0.05) is 6.92 Å². The Morgan fingerprint density at radius 1 is 1.53 bits per heavy atom. The van der Waals surface area contributed by atoms with Gasteiger partial charge in [0.2, 0.25) is 0 Å². The molecule has 0 saturated heterocycles. The molecule has 2 rings (SSSR count). The second-order valence-corrected chi connectivity index (χ2v) is 4.63. The molecule has 4 heteroatoms. The van der Waals surface area contributed by atoms with E-state index in [1.54, 1.807) is 11.3 Å². The summed E-state index contributed by atoms with van der Waals surface area (Å²) in [5.74, 6) is 0. The zero-order valence-corrected chi connectivity index (χ0v) is 9.84. The Balaban J connectivity index is 2.20. The lowest BCUT2D eigenvalue weighted by atomic mass is 10.3. The van der Waals surface area contributed by atoms with Crippen LogP contribution in [0.4, 0.5) is 0 Å². The highest BCUT2D eigenvalue weighted by Crippen LogP contribution is 2.25. The maximum atomic E-state index is 4.56. The van der Waals surface area contributed by atoms with Gasteiger partial charge in [-0.05, 0) is 26.0 Å². The summed E-state index contributed by atoms with van der Waals surface area (Å²) >= 11 is 1.74. The zero-order chi connectivity index (χ0) is 10.7. The maximum absolute atomic E-state index is 4.56. The largest absolute Gasteiger partial charge is 0.308 e. The van der Waals surface area contributed by atoms with Gasteiger partial charge in [-0.2, -0.15) is 0 Å². The first-order chi connectivity index (χ1) is 7.31. The van der Waals surface area contributed by atoms with Crippen molar-refractivity contribution in [1.29, 1.82) is 0 Å². The predicted octanol–water partition coefficient (Wildman–Crippen LogP) is 2.75. The van der Waals surface area contributed by atoms with E-state index in [2.05, 4.69) is 29.1 Å². The van der Waals surface area contributed by atoms with Gasteiger partial charge in [0.15, 0.2) is 0 Å². The first kappa shape index (κ1) is 10.5. The summed E-state index contributed by atoms with van der Waals surface area (Å²) in [6.45, 7) is 5.36. The fourth-order valence-corrected chi connectivity index (χ4v) is 2.39. The van der Waals surface area contributed by atoms with E-state index in [1.165, 1.54) is 4.70 Å². The standard InChI is InChI=1S/C11H15N3S/c1-3-5-13-8(2)11-14-9-7-12-6-4-10(9)15-11/h4,6-8,13H,3,5H2,1-2H3. The van der Waals surface area contributed by atoms with Gasteiger partial charge < -0.3 is 5.32 Å². The third-order valence-corrected chi connectivity index (χ3v) is 3.50. The SMILES string of the molecule is CCCNC(C)c1nc2cnccc2s1. The molecular formula is C11H15N3S. The van der Waals surface area contributed by atoms with Crippen LogP contribution in [-0.2, 0) is 0 Å². The van der Waals surface area contributed by atoms with Crippen LogP contribution in [0.15, 0.2) is 18.5 Å². The van der Waals surface area contributed by atoms with Gasteiger partial charge in [-0.25, -0.2) is 4.98 Å². The summed E-state index contributed by atoms with van der Waals surface area (Å²) < 4.78 is 1.21. The highest BCUT2D eigenvalue weighted by Gasteiger charge is 2.09. The van der Waals surface area contributed by atoms with Crippen molar-refractivity contribution in [3.63, 3.8) is 0 Å². The zero-order valence-electron chi connectivity index (χ0n) is 9.03. The molecule has 0 spiro atoms. The lowest BCUT2D eigenvalue weighted by molar-refractivity contribution is 0.569. The van der Waals surface area contributed by atoms with E-state index in [0.717, 1.165) is 23.5 Å². The normalized spacial score (nSPS) is 13.2. The molecular weight excluding hydrogens is 206 g/mol. The molecule has 1 unspecified atom stereocenters.